The van der Waals surface area contributed by atoms with Gasteiger partial charge in [0, 0.05) is 12.3 Å². The summed E-state index contributed by atoms with van der Waals surface area (Å²) in [5, 5.41) is 2.76. The normalized spacial score (nSPS) is 26.9. The maximum absolute atomic E-state index is 11.7. The molecule has 1 N–H and O–H groups in total. The molecule has 1 saturated carbocycles. The minimum Gasteiger partial charge on any atom is -0.467 e. The van der Waals surface area contributed by atoms with Gasteiger partial charge in [-0.15, -0.1) is 0 Å². The number of esters is 1. The Morgan fingerprint density at radius 3 is 2.13 bits per heavy atom. The van der Waals surface area contributed by atoms with Gasteiger partial charge in [-0.1, -0.05) is 13.8 Å². The van der Waals surface area contributed by atoms with Crippen LogP contribution in [0.4, 0.5) is 0 Å². The lowest BCUT2D eigenvalue weighted by atomic mass is 9.93. The Labute approximate surface area is 90.4 Å². The van der Waals surface area contributed by atoms with Crippen molar-refractivity contribution in [2.75, 3.05) is 7.11 Å². The summed E-state index contributed by atoms with van der Waals surface area (Å²) in [5.41, 5.74) is -0.872. The maximum Gasteiger partial charge on any atom is 0.332 e. The number of carbonyl (C=O) groups excluding carboxylic acids is 2. The van der Waals surface area contributed by atoms with Gasteiger partial charge in [0.15, 0.2) is 0 Å². The van der Waals surface area contributed by atoms with Crippen molar-refractivity contribution in [3.8, 4) is 0 Å². The molecule has 0 aromatic carbocycles. The van der Waals surface area contributed by atoms with Crippen LogP contribution in [0.2, 0.25) is 0 Å². The van der Waals surface area contributed by atoms with Crippen molar-refractivity contribution in [3.05, 3.63) is 0 Å². The Kier molecular flexibility index (Phi) is 3.07. The Morgan fingerprint density at radius 2 is 1.87 bits per heavy atom. The van der Waals surface area contributed by atoms with Crippen LogP contribution >= 0.6 is 0 Å². The number of amides is 1. The van der Waals surface area contributed by atoms with Crippen LogP contribution in [0.5, 0.6) is 0 Å². The number of hydrogen-bond acceptors (Lipinski definition) is 3. The number of methoxy groups -OCH3 is 1. The summed E-state index contributed by atoms with van der Waals surface area (Å²) in [4.78, 5) is 22.8. The molecule has 1 rings (SSSR count). The molecule has 4 nitrogen and oxygen atoms in total. The molecule has 86 valence electrons. The predicted molar refractivity (Wildman–Crippen MR) is 56.2 cm³/mol. The average Bonchev–Trinajstić information content (AvgIpc) is 2.86. The summed E-state index contributed by atoms with van der Waals surface area (Å²) in [7, 11) is 1.36. The molecule has 0 heterocycles. The van der Waals surface area contributed by atoms with E-state index in [0.29, 0.717) is 6.42 Å². The number of rotatable bonds is 4. The third-order valence-electron chi connectivity index (χ3n) is 3.66. The topological polar surface area (TPSA) is 55.4 Å². The Morgan fingerprint density at radius 1 is 1.33 bits per heavy atom. The van der Waals surface area contributed by atoms with Gasteiger partial charge in [0.1, 0.15) is 5.54 Å². The highest BCUT2D eigenvalue weighted by atomic mass is 16.5. The molecule has 1 fully saturated rings. The first-order chi connectivity index (χ1) is 6.98. The lowest BCUT2D eigenvalue weighted by molar-refractivity contribution is -0.147. The van der Waals surface area contributed by atoms with Crippen molar-refractivity contribution in [2.45, 2.75) is 45.6 Å². The molecule has 0 bridgehead atoms. The molecule has 0 unspecified atom stereocenters. The molecule has 1 amide bonds. The monoisotopic (exact) mass is 213 g/mol. The molecule has 4 heteroatoms. The molecule has 0 aromatic rings. The van der Waals surface area contributed by atoms with Crippen molar-refractivity contribution >= 4 is 11.9 Å². The molecule has 0 radical (unpaired) electrons. The highest BCUT2D eigenvalue weighted by molar-refractivity contribution is 5.91. The van der Waals surface area contributed by atoms with Crippen molar-refractivity contribution in [1.29, 1.82) is 0 Å². The first-order valence-corrected chi connectivity index (χ1v) is 5.35. The van der Waals surface area contributed by atoms with E-state index in [9.17, 15) is 9.59 Å². The second-order valence-electron chi connectivity index (χ2n) is 4.24. The van der Waals surface area contributed by atoms with Crippen LogP contribution in [0, 0.1) is 5.41 Å². The largest absolute Gasteiger partial charge is 0.467 e. The van der Waals surface area contributed by atoms with E-state index in [1.165, 1.54) is 14.0 Å². The third kappa shape index (κ3) is 1.62. The van der Waals surface area contributed by atoms with Gasteiger partial charge < -0.3 is 10.1 Å². The fraction of sp³-hybridized carbons (Fsp3) is 0.818. The minimum absolute atomic E-state index is 0.105. The summed E-state index contributed by atoms with van der Waals surface area (Å²) in [6, 6.07) is 0. The van der Waals surface area contributed by atoms with Crippen LogP contribution in [0.3, 0.4) is 0 Å². The van der Waals surface area contributed by atoms with Crippen LogP contribution in [-0.4, -0.2) is 24.5 Å². The van der Waals surface area contributed by atoms with Gasteiger partial charge in [0.25, 0.3) is 0 Å². The van der Waals surface area contributed by atoms with E-state index in [1.807, 2.05) is 13.8 Å². The summed E-state index contributed by atoms with van der Waals surface area (Å²) in [5.74, 6) is -0.495. The zero-order valence-electron chi connectivity index (χ0n) is 9.85. The van der Waals surface area contributed by atoms with Gasteiger partial charge in [0.05, 0.1) is 7.11 Å². The van der Waals surface area contributed by atoms with Crippen molar-refractivity contribution < 1.29 is 14.3 Å². The highest BCUT2D eigenvalue weighted by Crippen LogP contribution is 2.61. The summed E-state index contributed by atoms with van der Waals surface area (Å²) in [6.45, 7) is 5.51. The number of hydrogen-bond donors (Lipinski definition) is 1. The second-order valence-corrected chi connectivity index (χ2v) is 4.24. The molecular weight excluding hydrogens is 194 g/mol. The van der Waals surface area contributed by atoms with Gasteiger partial charge in [-0.05, 0) is 19.3 Å². The number of nitrogens with one attached hydrogen (secondary N) is 1. The first-order valence-electron chi connectivity index (χ1n) is 5.35. The molecule has 0 aromatic heterocycles. The van der Waals surface area contributed by atoms with E-state index in [1.54, 1.807) is 0 Å². The smallest absolute Gasteiger partial charge is 0.332 e. The van der Waals surface area contributed by atoms with Crippen molar-refractivity contribution in [2.24, 2.45) is 5.41 Å². The van der Waals surface area contributed by atoms with Crippen LogP contribution < -0.4 is 5.32 Å². The van der Waals surface area contributed by atoms with Crippen LogP contribution in [0.1, 0.15) is 40.0 Å². The Balaban J connectivity index is 2.92. The lowest BCUT2D eigenvalue weighted by Gasteiger charge is -2.22. The zero-order valence-corrected chi connectivity index (χ0v) is 9.85. The minimum atomic E-state index is -0.767. The summed E-state index contributed by atoms with van der Waals surface area (Å²) >= 11 is 0. The molecular formula is C11H19NO3. The van der Waals surface area contributed by atoms with Gasteiger partial charge in [-0.3, -0.25) is 4.79 Å². The fourth-order valence-electron chi connectivity index (χ4n) is 2.56. The lowest BCUT2D eigenvalue weighted by Crippen LogP contribution is -2.47. The number of ether oxygens (including phenoxy) is 1. The summed E-state index contributed by atoms with van der Waals surface area (Å²) in [6.07, 6.45) is 2.44. The average molecular weight is 213 g/mol. The Hall–Kier alpha value is -1.06. The third-order valence-corrected chi connectivity index (χ3v) is 3.66. The van der Waals surface area contributed by atoms with E-state index in [-0.39, 0.29) is 17.3 Å². The molecule has 1 atom stereocenters. The van der Waals surface area contributed by atoms with Crippen molar-refractivity contribution in [3.63, 3.8) is 0 Å². The molecule has 0 saturated heterocycles. The Bertz CT molecular complexity index is 284. The van der Waals surface area contributed by atoms with Gasteiger partial charge in [-0.25, -0.2) is 4.79 Å². The standard InChI is InChI=1S/C11H19NO3/c1-5-10(6-2)7-11(10,9(14)15-4)12-8(3)13/h5-7H2,1-4H3,(H,12,13)/t11-/m1/s1. The molecule has 0 aliphatic heterocycles. The van der Waals surface area contributed by atoms with Gasteiger partial charge >= 0.3 is 5.97 Å². The molecule has 1 aliphatic carbocycles. The van der Waals surface area contributed by atoms with Gasteiger partial charge in [-0.2, -0.15) is 0 Å². The second kappa shape index (κ2) is 3.83. The SMILES string of the molecule is CCC1(CC)C[C@@]1(NC(C)=O)C(=O)OC. The molecule has 1 aliphatic rings. The zero-order chi connectivity index (χ0) is 11.7. The van der Waals surface area contributed by atoms with Crippen molar-refractivity contribution in [1.82, 2.24) is 5.32 Å². The highest BCUT2D eigenvalue weighted by Gasteiger charge is 2.71. The van der Waals surface area contributed by atoms with Gasteiger partial charge in [0.2, 0.25) is 5.91 Å². The van der Waals surface area contributed by atoms with Crippen LogP contribution in [-0.2, 0) is 14.3 Å². The van der Waals surface area contributed by atoms with Crippen LogP contribution in [0.25, 0.3) is 0 Å². The van der Waals surface area contributed by atoms with E-state index < -0.39 is 5.54 Å². The predicted octanol–water partition coefficient (Wildman–Crippen LogP) is 1.24. The fourth-order valence-corrected chi connectivity index (χ4v) is 2.56. The quantitative estimate of drug-likeness (QED) is 0.715. The van der Waals surface area contributed by atoms with E-state index in [0.717, 1.165) is 12.8 Å². The van der Waals surface area contributed by atoms with E-state index in [2.05, 4.69) is 5.32 Å². The number of carbonyl (C=O) groups is 2. The first kappa shape index (κ1) is 12.0. The van der Waals surface area contributed by atoms with E-state index in [4.69, 9.17) is 4.74 Å². The molecule has 15 heavy (non-hydrogen) atoms. The maximum atomic E-state index is 11.7. The van der Waals surface area contributed by atoms with E-state index >= 15 is 0 Å². The molecule has 0 spiro atoms. The van der Waals surface area contributed by atoms with Crippen LogP contribution in [0.15, 0.2) is 0 Å². The summed E-state index contributed by atoms with van der Waals surface area (Å²) < 4.78 is 4.78.